The summed E-state index contributed by atoms with van der Waals surface area (Å²) in [7, 11) is 0. The van der Waals surface area contributed by atoms with Crippen molar-refractivity contribution in [1.82, 2.24) is 0 Å². The van der Waals surface area contributed by atoms with E-state index in [4.69, 9.17) is 0 Å². The van der Waals surface area contributed by atoms with Gasteiger partial charge in [0.2, 0.25) is 0 Å². The predicted octanol–water partition coefficient (Wildman–Crippen LogP) is 4.93. The van der Waals surface area contributed by atoms with Crippen LogP contribution in [-0.4, -0.2) is 5.67 Å². The van der Waals surface area contributed by atoms with E-state index in [1.807, 2.05) is 30.4 Å². The number of hydrogen-bond acceptors (Lipinski definition) is 0. The Morgan fingerprint density at radius 2 is 2.00 bits per heavy atom. The van der Waals surface area contributed by atoms with Crippen molar-refractivity contribution in [3.05, 3.63) is 54.1 Å². The molecule has 2 rings (SSSR count). The van der Waals surface area contributed by atoms with Gasteiger partial charge in [-0.15, -0.1) is 0 Å². The van der Waals surface area contributed by atoms with Crippen molar-refractivity contribution in [2.75, 3.05) is 0 Å². The van der Waals surface area contributed by atoms with E-state index in [0.29, 0.717) is 12.8 Å². The molecule has 1 heteroatoms. The van der Waals surface area contributed by atoms with Crippen molar-refractivity contribution in [2.45, 2.75) is 38.3 Å². The third kappa shape index (κ3) is 3.06. The lowest BCUT2D eigenvalue weighted by atomic mass is 9.87. The summed E-state index contributed by atoms with van der Waals surface area (Å²) in [6, 6.07) is 10.1. The van der Waals surface area contributed by atoms with E-state index >= 15 is 0 Å². The average Bonchev–Trinajstić information content (AvgIpc) is 2.38. The number of alkyl halides is 1. The maximum Gasteiger partial charge on any atom is 0.132 e. The van der Waals surface area contributed by atoms with Gasteiger partial charge in [-0.3, -0.25) is 0 Å². The highest BCUT2D eigenvalue weighted by molar-refractivity contribution is 5.75. The Morgan fingerprint density at radius 1 is 1.24 bits per heavy atom. The smallest absolute Gasteiger partial charge is 0.132 e. The zero-order chi connectivity index (χ0) is 12.1. The lowest BCUT2D eigenvalue weighted by Gasteiger charge is -2.23. The molecule has 90 valence electrons. The number of allylic oxidation sites excluding steroid dienone is 4. The van der Waals surface area contributed by atoms with Gasteiger partial charge < -0.3 is 0 Å². The molecule has 0 aliphatic heterocycles. The number of unbranched alkanes of at least 4 members (excludes halogenated alkanes) is 1. The molecule has 0 heterocycles. The minimum absolute atomic E-state index is 0.508. The van der Waals surface area contributed by atoms with Gasteiger partial charge in [-0.25, -0.2) is 4.39 Å². The Labute approximate surface area is 103 Å². The highest BCUT2D eigenvalue weighted by Gasteiger charge is 2.26. The summed E-state index contributed by atoms with van der Waals surface area (Å²) in [6.45, 7) is 2.10. The number of benzene rings is 1. The molecule has 1 aromatic carbocycles. The molecule has 0 aromatic heterocycles. The van der Waals surface area contributed by atoms with E-state index in [2.05, 4.69) is 19.1 Å². The van der Waals surface area contributed by atoms with Crippen LogP contribution in [0.5, 0.6) is 0 Å². The van der Waals surface area contributed by atoms with Gasteiger partial charge in [-0.2, -0.15) is 0 Å². The fourth-order valence-corrected chi connectivity index (χ4v) is 2.16. The molecule has 0 fully saturated rings. The van der Waals surface area contributed by atoms with Crippen molar-refractivity contribution >= 4 is 5.57 Å². The maximum atomic E-state index is 14.3. The van der Waals surface area contributed by atoms with Crippen molar-refractivity contribution in [1.29, 1.82) is 0 Å². The third-order valence-corrected chi connectivity index (χ3v) is 3.28. The molecule has 0 saturated heterocycles. The lowest BCUT2D eigenvalue weighted by Crippen LogP contribution is -2.20. The molecule has 1 aromatic rings. The van der Waals surface area contributed by atoms with E-state index < -0.39 is 5.67 Å². The summed E-state index contributed by atoms with van der Waals surface area (Å²) >= 11 is 0. The Hall–Kier alpha value is -1.37. The third-order valence-electron chi connectivity index (χ3n) is 3.28. The highest BCUT2D eigenvalue weighted by atomic mass is 19.1. The van der Waals surface area contributed by atoms with E-state index in [1.165, 1.54) is 5.56 Å². The van der Waals surface area contributed by atoms with Gasteiger partial charge in [0.25, 0.3) is 0 Å². The summed E-state index contributed by atoms with van der Waals surface area (Å²) in [5, 5.41) is 0. The molecule has 17 heavy (non-hydrogen) atoms. The van der Waals surface area contributed by atoms with Crippen LogP contribution in [0.15, 0.2) is 48.6 Å². The molecule has 0 amide bonds. The van der Waals surface area contributed by atoms with Crippen LogP contribution in [0.1, 0.15) is 38.2 Å². The average molecular weight is 230 g/mol. The van der Waals surface area contributed by atoms with E-state index in [-0.39, 0.29) is 0 Å². The fourth-order valence-electron chi connectivity index (χ4n) is 2.16. The first-order valence-corrected chi connectivity index (χ1v) is 6.37. The van der Waals surface area contributed by atoms with Gasteiger partial charge in [-0.05, 0) is 23.6 Å². The SMILES string of the molecule is CCCCC1(F)C=CC(c2ccccc2)=CC1. The standard InChI is InChI=1S/C16H19F/c1-2-3-11-16(17)12-9-15(10-13-16)14-7-5-4-6-8-14/h4-10,12H,2-3,11,13H2,1H3. The second-order valence-electron chi connectivity index (χ2n) is 4.70. The molecule has 1 aliphatic carbocycles. The first-order valence-electron chi connectivity index (χ1n) is 6.37. The zero-order valence-corrected chi connectivity index (χ0v) is 10.3. The Bertz CT molecular complexity index is 416. The normalized spacial score (nSPS) is 23.5. The summed E-state index contributed by atoms with van der Waals surface area (Å²) in [5.41, 5.74) is 1.19. The molecule has 0 N–H and O–H groups in total. The molecule has 0 radical (unpaired) electrons. The quantitative estimate of drug-likeness (QED) is 0.688. The summed E-state index contributed by atoms with van der Waals surface area (Å²) in [4.78, 5) is 0. The van der Waals surface area contributed by atoms with Gasteiger partial charge >= 0.3 is 0 Å². The van der Waals surface area contributed by atoms with Crippen LogP contribution in [0.4, 0.5) is 4.39 Å². The van der Waals surface area contributed by atoms with E-state index in [0.717, 1.165) is 18.4 Å². The zero-order valence-electron chi connectivity index (χ0n) is 10.3. The monoisotopic (exact) mass is 230 g/mol. The molecule has 1 unspecified atom stereocenters. The molecular weight excluding hydrogens is 211 g/mol. The Balaban J connectivity index is 2.06. The van der Waals surface area contributed by atoms with Crippen molar-refractivity contribution in [3.63, 3.8) is 0 Å². The van der Waals surface area contributed by atoms with Crippen molar-refractivity contribution < 1.29 is 4.39 Å². The van der Waals surface area contributed by atoms with E-state index in [1.54, 1.807) is 6.08 Å². The molecule has 0 nitrogen and oxygen atoms in total. The highest BCUT2D eigenvalue weighted by Crippen LogP contribution is 2.33. The second kappa shape index (κ2) is 5.31. The van der Waals surface area contributed by atoms with Gasteiger partial charge in [-0.1, -0.05) is 62.2 Å². The number of halogens is 1. The van der Waals surface area contributed by atoms with Crippen LogP contribution in [0.25, 0.3) is 5.57 Å². The first kappa shape index (κ1) is 12.1. The van der Waals surface area contributed by atoms with Crippen LogP contribution < -0.4 is 0 Å². The summed E-state index contributed by atoms with van der Waals surface area (Å²) < 4.78 is 14.3. The summed E-state index contributed by atoms with van der Waals surface area (Å²) in [5.74, 6) is 0. The van der Waals surface area contributed by atoms with Gasteiger partial charge in [0.05, 0.1) is 0 Å². The minimum atomic E-state index is -1.12. The molecule has 1 aliphatic rings. The van der Waals surface area contributed by atoms with Gasteiger partial charge in [0.15, 0.2) is 0 Å². The van der Waals surface area contributed by atoms with Crippen LogP contribution in [0, 0.1) is 0 Å². The molecule has 0 spiro atoms. The van der Waals surface area contributed by atoms with Crippen LogP contribution >= 0.6 is 0 Å². The van der Waals surface area contributed by atoms with E-state index in [9.17, 15) is 4.39 Å². The molecule has 0 bridgehead atoms. The topological polar surface area (TPSA) is 0 Å². The largest absolute Gasteiger partial charge is 0.239 e. The molecule has 1 atom stereocenters. The fraction of sp³-hybridized carbons (Fsp3) is 0.375. The second-order valence-corrected chi connectivity index (χ2v) is 4.70. The van der Waals surface area contributed by atoms with Gasteiger partial charge in [0, 0.05) is 6.42 Å². The van der Waals surface area contributed by atoms with Crippen LogP contribution in [0.3, 0.4) is 0 Å². The maximum absolute atomic E-state index is 14.3. The lowest BCUT2D eigenvalue weighted by molar-refractivity contribution is 0.211. The molecule has 0 saturated carbocycles. The molecular formula is C16H19F. The minimum Gasteiger partial charge on any atom is -0.239 e. The van der Waals surface area contributed by atoms with Crippen molar-refractivity contribution in [3.8, 4) is 0 Å². The van der Waals surface area contributed by atoms with Crippen LogP contribution in [0.2, 0.25) is 0 Å². The summed E-state index contributed by atoms with van der Waals surface area (Å²) in [6.07, 6.45) is 8.83. The van der Waals surface area contributed by atoms with Gasteiger partial charge in [0.1, 0.15) is 5.67 Å². The van der Waals surface area contributed by atoms with Crippen molar-refractivity contribution in [2.24, 2.45) is 0 Å². The van der Waals surface area contributed by atoms with Crippen LogP contribution in [-0.2, 0) is 0 Å². The number of rotatable bonds is 4. The Morgan fingerprint density at radius 3 is 2.59 bits per heavy atom. The Kier molecular flexibility index (Phi) is 3.78. The predicted molar refractivity (Wildman–Crippen MR) is 71.5 cm³/mol. The number of hydrogen-bond donors (Lipinski definition) is 0. The first-order chi connectivity index (χ1) is 8.23.